The normalized spacial score (nSPS) is 24.7. The SMILES string of the molecule is CC(O)c1nc2c(c3c1[C@@H](c1ccc(C(F)(F)F)cc1)OC31CCOCC1)[C@@H](O[Si-](C)(C)C(C)(C)C)CC(C)(C)C2. The summed E-state index contributed by atoms with van der Waals surface area (Å²) in [6.07, 6.45) is -3.37. The van der Waals surface area contributed by atoms with Crippen molar-refractivity contribution in [3.8, 4) is 0 Å². The molecule has 2 aliphatic heterocycles. The second-order valence-electron chi connectivity index (χ2n) is 14.5. The van der Waals surface area contributed by atoms with Gasteiger partial charge in [-0.1, -0.05) is 46.8 Å². The Morgan fingerprint density at radius 2 is 1.66 bits per heavy atom. The number of hydrogen-bond donors (Lipinski definition) is 1. The Hall–Kier alpha value is -1.78. The summed E-state index contributed by atoms with van der Waals surface area (Å²) in [5.74, 6) is 0. The number of halogens is 3. The van der Waals surface area contributed by atoms with Gasteiger partial charge < -0.3 is 19.0 Å². The lowest BCUT2D eigenvalue weighted by molar-refractivity contribution is -0.137. The molecule has 5 rings (SSSR count). The lowest BCUT2D eigenvalue weighted by Gasteiger charge is -2.53. The van der Waals surface area contributed by atoms with Crippen molar-refractivity contribution in [3.63, 3.8) is 0 Å². The maximum absolute atomic E-state index is 13.4. The van der Waals surface area contributed by atoms with Crippen LogP contribution in [-0.2, 0) is 32.1 Å². The third-order valence-electron chi connectivity index (χ3n) is 9.63. The zero-order valence-electron chi connectivity index (χ0n) is 25.5. The molecule has 2 aromatic rings. The zero-order valence-corrected chi connectivity index (χ0v) is 26.5. The van der Waals surface area contributed by atoms with Gasteiger partial charge in [-0.05, 0) is 56.8 Å². The highest BCUT2D eigenvalue weighted by molar-refractivity contribution is 6.74. The Balaban J connectivity index is 1.76. The monoisotopic (exact) mass is 591 g/mol. The molecule has 1 aromatic heterocycles. The van der Waals surface area contributed by atoms with E-state index in [9.17, 15) is 18.3 Å². The molecule has 0 amide bonds. The molecule has 1 unspecified atom stereocenters. The van der Waals surface area contributed by atoms with E-state index in [0.29, 0.717) is 37.3 Å². The minimum atomic E-state index is -4.43. The maximum Gasteiger partial charge on any atom is 0.416 e. The van der Waals surface area contributed by atoms with Gasteiger partial charge in [0.25, 0.3) is 0 Å². The van der Waals surface area contributed by atoms with Crippen molar-refractivity contribution in [2.75, 3.05) is 13.2 Å². The summed E-state index contributed by atoms with van der Waals surface area (Å²) >= 11 is 0. The van der Waals surface area contributed by atoms with Crippen molar-refractivity contribution in [2.45, 2.75) is 115 Å². The first-order valence-electron chi connectivity index (χ1n) is 14.7. The number of benzene rings is 1. The molecule has 227 valence electrons. The van der Waals surface area contributed by atoms with Gasteiger partial charge in [0.15, 0.2) is 0 Å². The minimum Gasteiger partial charge on any atom is -0.559 e. The fourth-order valence-corrected chi connectivity index (χ4v) is 7.76. The number of alkyl halides is 3. The number of aromatic nitrogens is 1. The van der Waals surface area contributed by atoms with Gasteiger partial charge in [-0.25, -0.2) is 0 Å². The van der Waals surface area contributed by atoms with Crippen LogP contribution in [0.2, 0.25) is 18.1 Å². The molecule has 5 nitrogen and oxygen atoms in total. The van der Waals surface area contributed by atoms with Gasteiger partial charge in [-0.2, -0.15) is 13.2 Å². The van der Waals surface area contributed by atoms with Gasteiger partial charge in [0.05, 0.1) is 23.0 Å². The second kappa shape index (κ2) is 10.1. The molecule has 41 heavy (non-hydrogen) atoms. The summed E-state index contributed by atoms with van der Waals surface area (Å²) < 4.78 is 60.1. The lowest BCUT2D eigenvalue weighted by Crippen LogP contribution is -2.45. The van der Waals surface area contributed by atoms with Crippen LogP contribution in [0.1, 0.15) is 118 Å². The average molecular weight is 592 g/mol. The molecular weight excluding hydrogens is 547 g/mol. The van der Waals surface area contributed by atoms with Crippen molar-refractivity contribution in [1.82, 2.24) is 4.98 Å². The topological polar surface area (TPSA) is 60.8 Å². The first-order valence-corrected chi connectivity index (χ1v) is 17.6. The number of fused-ring (bicyclic) bond motifs is 4. The Morgan fingerprint density at radius 3 is 2.20 bits per heavy atom. The molecular formula is C32H44F3NO4Si-. The maximum atomic E-state index is 13.4. The molecule has 1 spiro atoms. The number of aliphatic hydroxyl groups excluding tert-OH is 1. The van der Waals surface area contributed by atoms with Gasteiger partial charge in [-0.15, -0.1) is 18.1 Å². The van der Waals surface area contributed by atoms with Crippen LogP contribution in [0.3, 0.4) is 0 Å². The number of nitrogens with zero attached hydrogens (tertiary/aromatic N) is 1. The van der Waals surface area contributed by atoms with Gasteiger partial charge >= 0.3 is 6.18 Å². The summed E-state index contributed by atoms with van der Waals surface area (Å²) in [5, 5.41) is 11.1. The molecule has 1 saturated heterocycles. The largest absolute Gasteiger partial charge is 0.559 e. The predicted molar refractivity (Wildman–Crippen MR) is 154 cm³/mol. The third-order valence-corrected chi connectivity index (χ3v) is 14.1. The Labute approximate surface area is 242 Å². The van der Waals surface area contributed by atoms with Crippen LogP contribution in [0.4, 0.5) is 13.2 Å². The molecule has 0 radical (unpaired) electrons. The Morgan fingerprint density at radius 1 is 1.05 bits per heavy atom. The molecule has 3 aliphatic rings. The molecule has 1 fully saturated rings. The molecule has 3 atom stereocenters. The zero-order chi connectivity index (χ0) is 30.2. The summed E-state index contributed by atoms with van der Waals surface area (Å²) in [4.78, 5) is 5.13. The smallest absolute Gasteiger partial charge is 0.416 e. The molecule has 1 aliphatic carbocycles. The van der Waals surface area contributed by atoms with E-state index in [1.165, 1.54) is 12.1 Å². The van der Waals surface area contributed by atoms with Crippen LogP contribution in [0, 0.1) is 5.41 Å². The third kappa shape index (κ3) is 5.53. The highest BCUT2D eigenvalue weighted by Gasteiger charge is 2.53. The van der Waals surface area contributed by atoms with Crippen molar-refractivity contribution in [1.29, 1.82) is 0 Å². The van der Waals surface area contributed by atoms with Crippen LogP contribution in [0.5, 0.6) is 0 Å². The summed E-state index contributed by atoms with van der Waals surface area (Å²) in [5.41, 5.74) is 3.48. The van der Waals surface area contributed by atoms with E-state index in [1.54, 1.807) is 6.92 Å². The molecule has 1 N–H and O–H groups in total. The second-order valence-corrected chi connectivity index (χ2v) is 19.2. The van der Waals surface area contributed by atoms with Gasteiger partial charge in [0.2, 0.25) is 0 Å². The Bertz CT molecular complexity index is 1290. The predicted octanol–water partition coefficient (Wildman–Crippen LogP) is 8.31. The van der Waals surface area contributed by atoms with Crippen LogP contribution in [0.15, 0.2) is 24.3 Å². The van der Waals surface area contributed by atoms with Crippen molar-refractivity contribution in [3.05, 3.63) is 63.5 Å². The summed E-state index contributed by atoms with van der Waals surface area (Å²) in [7, 11) is -2.21. The molecule has 0 saturated carbocycles. The first kappa shape index (κ1) is 30.7. The van der Waals surface area contributed by atoms with Gasteiger partial charge in [-0.3, -0.25) is 4.98 Å². The molecule has 9 heteroatoms. The van der Waals surface area contributed by atoms with E-state index in [0.717, 1.165) is 47.4 Å². The number of pyridine rings is 1. The van der Waals surface area contributed by atoms with Gasteiger partial charge in [0.1, 0.15) is 6.10 Å². The van der Waals surface area contributed by atoms with E-state index < -0.39 is 37.9 Å². The van der Waals surface area contributed by atoms with E-state index >= 15 is 0 Å². The van der Waals surface area contributed by atoms with Crippen molar-refractivity contribution < 1.29 is 32.2 Å². The van der Waals surface area contributed by atoms with E-state index in [4.69, 9.17) is 18.9 Å². The van der Waals surface area contributed by atoms with Crippen LogP contribution in [-0.4, -0.2) is 31.6 Å². The molecule has 3 heterocycles. The highest BCUT2D eigenvalue weighted by atomic mass is 28.4. The number of ether oxygens (including phenoxy) is 2. The molecule has 1 aromatic carbocycles. The number of rotatable bonds is 4. The number of aliphatic hydroxyl groups is 1. The first-order chi connectivity index (χ1) is 18.9. The van der Waals surface area contributed by atoms with E-state index in [2.05, 4.69) is 47.7 Å². The summed E-state index contributed by atoms with van der Waals surface area (Å²) in [6, 6.07) is 5.20. The average Bonchev–Trinajstić information content (AvgIpc) is 3.15. The quantitative estimate of drug-likeness (QED) is 0.363. The van der Waals surface area contributed by atoms with Crippen LogP contribution < -0.4 is 0 Å². The minimum absolute atomic E-state index is 0.000534. The molecule has 0 bridgehead atoms. The fourth-order valence-electron chi connectivity index (χ4n) is 6.50. The lowest BCUT2D eigenvalue weighted by atomic mass is 9.70. The standard InChI is InChI=1S/C32H44F3NO4Si/c1-19(37)27-25-26(24-22(36-27)17-30(5,6)18-23(24)40-41(7,8)29(2,3)4)31(13-15-38-16-14-31)39-28(25)20-9-11-21(12-10-20)32(33,34)35/h9-12,19,23,28,37H,13-18H2,1-8H3/q-1/t19?,23-,28+/m0/s1. The van der Waals surface area contributed by atoms with E-state index in [1.807, 2.05) is 0 Å². The van der Waals surface area contributed by atoms with Crippen LogP contribution >= 0.6 is 0 Å². The van der Waals surface area contributed by atoms with Gasteiger partial charge in [0, 0.05) is 49.0 Å². The summed E-state index contributed by atoms with van der Waals surface area (Å²) in [6.45, 7) is 18.4. The Kier molecular flexibility index (Phi) is 7.59. The highest BCUT2D eigenvalue weighted by Crippen LogP contribution is 2.59. The fraction of sp³-hybridized carbons (Fsp3) is 0.656. The number of hydrogen-bond acceptors (Lipinski definition) is 5. The van der Waals surface area contributed by atoms with E-state index in [-0.39, 0.29) is 16.6 Å². The van der Waals surface area contributed by atoms with Crippen molar-refractivity contribution in [2.24, 2.45) is 5.41 Å². The van der Waals surface area contributed by atoms with Crippen LogP contribution in [0.25, 0.3) is 0 Å². The van der Waals surface area contributed by atoms with Crippen molar-refractivity contribution >= 4 is 8.32 Å².